The molecule has 2 aliphatic rings. The van der Waals surface area contributed by atoms with Crippen molar-refractivity contribution < 1.29 is 14.3 Å². The molecule has 1 atom stereocenters. The molecule has 1 saturated heterocycles. The molecule has 0 bridgehead atoms. The Balaban J connectivity index is 1.58. The van der Waals surface area contributed by atoms with Crippen LogP contribution in [0.1, 0.15) is 22.5 Å². The van der Waals surface area contributed by atoms with Crippen LogP contribution in [0.15, 0.2) is 30.5 Å². The number of methoxy groups -OCH3 is 1. The van der Waals surface area contributed by atoms with E-state index in [2.05, 4.69) is 25.9 Å². The normalized spacial score (nSPS) is 17.6. The fourth-order valence-electron chi connectivity index (χ4n) is 4.04. The Morgan fingerprint density at radius 3 is 3.03 bits per heavy atom. The molecule has 1 aromatic carbocycles. The summed E-state index contributed by atoms with van der Waals surface area (Å²) < 4.78 is 10.9. The number of para-hydroxylation sites is 1. The molecule has 1 amide bonds. The highest BCUT2D eigenvalue weighted by Crippen LogP contribution is 2.40. The van der Waals surface area contributed by atoms with Gasteiger partial charge in [-0.3, -0.25) is 4.79 Å². The first-order valence-electron chi connectivity index (χ1n) is 10.4. The lowest BCUT2D eigenvalue weighted by molar-refractivity contribution is 0.0947. The number of aromatic amines is 1. The highest BCUT2D eigenvalue weighted by Gasteiger charge is 2.28. The van der Waals surface area contributed by atoms with Gasteiger partial charge in [0.25, 0.3) is 5.91 Å². The second kappa shape index (κ2) is 8.68. The van der Waals surface area contributed by atoms with E-state index >= 15 is 0 Å². The molecule has 4 heterocycles. The van der Waals surface area contributed by atoms with Crippen LogP contribution >= 0.6 is 11.6 Å². The lowest BCUT2D eigenvalue weighted by atomic mass is 10.1. The number of nitrogens with zero attached hydrogens (tertiary/aromatic N) is 2. The average molecular weight is 455 g/mol. The first kappa shape index (κ1) is 20.6. The second-order valence-corrected chi connectivity index (χ2v) is 8.06. The molecule has 0 spiro atoms. The van der Waals surface area contributed by atoms with E-state index in [1.807, 2.05) is 18.2 Å². The highest BCUT2D eigenvalue weighted by atomic mass is 35.5. The van der Waals surface area contributed by atoms with Gasteiger partial charge in [-0.15, -0.1) is 0 Å². The summed E-state index contributed by atoms with van der Waals surface area (Å²) in [6.45, 7) is 1.93. The van der Waals surface area contributed by atoms with Gasteiger partial charge in [-0.25, -0.2) is 9.97 Å². The zero-order valence-electron chi connectivity index (χ0n) is 17.5. The monoisotopic (exact) mass is 454 g/mol. The smallest absolute Gasteiger partial charge is 0.255 e. The lowest BCUT2D eigenvalue weighted by Crippen LogP contribution is -2.31. The molecule has 0 unspecified atom stereocenters. The zero-order valence-corrected chi connectivity index (χ0v) is 18.3. The summed E-state index contributed by atoms with van der Waals surface area (Å²) in [6, 6.07) is 7.41. The van der Waals surface area contributed by atoms with Crippen LogP contribution in [0.25, 0.3) is 11.4 Å². The standard InChI is InChI=1S/C22H23ClN6O3/c1-31-20-13(23)3-2-4-16(20)28-19-17-14(5-8-24-21(17)30)27-18(19)15-6-9-25-22(29-15)26-12-7-10-32-11-12/h2-4,6,9,12,27-28H,5,7-8,10-11H2,1H3,(H,24,30)(H,25,26,29)/t12-/m1/s1. The van der Waals surface area contributed by atoms with Crippen molar-refractivity contribution in [1.29, 1.82) is 0 Å². The van der Waals surface area contributed by atoms with Gasteiger partial charge in [-0.2, -0.15) is 0 Å². The number of aromatic nitrogens is 3. The number of amides is 1. The molecular formula is C22H23ClN6O3. The fourth-order valence-corrected chi connectivity index (χ4v) is 4.30. The Morgan fingerprint density at radius 2 is 2.22 bits per heavy atom. The lowest BCUT2D eigenvalue weighted by Gasteiger charge is -2.17. The number of halogens is 1. The summed E-state index contributed by atoms with van der Waals surface area (Å²) in [7, 11) is 1.56. The molecule has 3 aromatic rings. The van der Waals surface area contributed by atoms with E-state index in [1.165, 1.54) is 0 Å². The number of hydrogen-bond donors (Lipinski definition) is 4. The fraction of sp³-hybridized carbons (Fsp3) is 0.318. The van der Waals surface area contributed by atoms with Crippen molar-refractivity contribution in [1.82, 2.24) is 20.3 Å². The Hall–Kier alpha value is -3.30. The topological polar surface area (TPSA) is 113 Å². The van der Waals surface area contributed by atoms with Crippen molar-refractivity contribution in [2.75, 3.05) is 37.5 Å². The van der Waals surface area contributed by atoms with E-state index in [1.54, 1.807) is 19.4 Å². The van der Waals surface area contributed by atoms with Gasteiger partial charge in [0, 0.05) is 31.5 Å². The van der Waals surface area contributed by atoms with Crippen LogP contribution in [0.3, 0.4) is 0 Å². The molecular weight excluding hydrogens is 432 g/mol. The first-order valence-corrected chi connectivity index (χ1v) is 10.8. The van der Waals surface area contributed by atoms with E-state index in [0.29, 0.717) is 64.6 Å². The van der Waals surface area contributed by atoms with E-state index < -0.39 is 0 Å². The van der Waals surface area contributed by atoms with Crippen LogP contribution in [0.5, 0.6) is 5.75 Å². The number of benzene rings is 1. The van der Waals surface area contributed by atoms with Crippen LogP contribution in [-0.2, 0) is 11.2 Å². The largest absolute Gasteiger partial charge is 0.493 e. The summed E-state index contributed by atoms with van der Waals surface area (Å²) >= 11 is 6.31. The molecule has 2 aliphatic heterocycles. The number of H-pyrrole nitrogens is 1. The molecule has 5 rings (SSSR count). The Labute approximate surface area is 189 Å². The number of carbonyl (C=O) groups is 1. The van der Waals surface area contributed by atoms with Crippen LogP contribution < -0.4 is 20.7 Å². The van der Waals surface area contributed by atoms with Gasteiger partial charge in [-0.1, -0.05) is 17.7 Å². The Morgan fingerprint density at radius 1 is 1.31 bits per heavy atom. The van der Waals surface area contributed by atoms with Gasteiger partial charge in [0.2, 0.25) is 5.95 Å². The quantitative estimate of drug-likeness (QED) is 0.451. The molecule has 9 nitrogen and oxygen atoms in total. The predicted octanol–water partition coefficient (Wildman–Crippen LogP) is 3.36. The SMILES string of the molecule is COc1c(Cl)cccc1Nc1c(-c2ccnc(N[C@@H]3CCOC3)n2)[nH]c2c1C(=O)NCC2. The van der Waals surface area contributed by atoms with Gasteiger partial charge in [-0.05, 0) is 24.6 Å². The Kier molecular flexibility index (Phi) is 5.59. The van der Waals surface area contributed by atoms with E-state index in [4.69, 9.17) is 26.1 Å². The summed E-state index contributed by atoms with van der Waals surface area (Å²) in [5.41, 5.74) is 4.04. The minimum absolute atomic E-state index is 0.146. The maximum absolute atomic E-state index is 12.8. The highest BCUT2D eigenvalue weighted by molar-refractivity contribution is 6.32. The minimum atomic E-state index is -0.146. The Bertz CT molecular complexity index is 1160. The summed E-state index contributed by atoms with van der Waals surface area (Å²) in [4.78, 5) is 25.2. The van der Waals surface area contributed by atoms with Gasteiger partial charge in [0.05, 0.1) is 53.1 Å². The molecule has 32 heavy (non-hydrogen) atoms. The van der Waals surface area contributed by atoms with Crippen molar-refractivity contribution in [2.24, 2.45) is 0 Å². The third-order valence-electron chi connectivity index (χ3n) is 5.57. The van der Waals surface area contributed by atoms with Crippen molar-refractivity contribution in [2.45, 2.75) is 18.9 Å². The van der Waals surface area contributed by atoms with Crippen molar-refractivity contribution in [3.8, 4) is 17.1 Å². The van der Waals surface area contributed by atoms with E-state index in [9.17, 15) is 4.79 Å². The number of ether oxygens (including phenoxy) is 2. The molecule has 0 radical (unpaired) electrons. The van der Waals surface area contributed by atoms with Crippen molar-refractivity contribution in [3.05, 3.63) is 46.7 Å². The molecule has 166 valence electrons. The van der Waals surface area contributed by atoms with Gasteiger partial charge < -0.3 is 30.4 Å². The van der Waals surface area contributed by atoms with Crippen molar-refractivity contribution in [3.63, 3.8) is 0 Å². The summed E-state index contributed by atoms with van der Waals surface area (Å²) in [6.07, 6.45) is 3.30. The molecule has 4 N–H and O–H groups in total. The maximum atomic E-state index is 12.8. The third kappa shape index (κ3) is 3.85. The minimum Gasteiger partial charge on any atom is -0.493 e. The zero-order chi connectivity index (χ0) is 22.1. The van der Waals surface area contributed by atoms with Crippen LogP contribution in [0, 0.1) is 0 Å². The van der Waals surface area contributed by atoms with Gasteiger partial charge in [0.1, 0.15) is 0 Å². The van der Waals surface area contributed by atoms with E-state index in [0.717, 1.165) is 18.7 Å². The van der Waals surface area contributed by atoms with Gasteiger partial charge >= 0.3 is 0 Å². The van der Waals surface area contributed by atoms with Gasteiger partial charge in [0.15, 0.2) is 5.75 Å². The number of hydrogen-bond acceptors (Lipinski definition) is 7. The molecule has 1 fully saturated rings. The second-order valence-electron chi connectivity index (χ2n) is 7.65. The van der Waals surface area contributed by atoms with Crippen LogP contribution in [0.4, 0.5) is 17.3 Å². The van der Waals surface area contributed by atoms with Crippen LogP contribution in [-0.4, -0.2) is 53.8 Å². The summed E-state index contributed by atoms with van der Waals surface area (Å²) in [5, 5.41) is 10.1. The first-order chi connectivity index (χ1) is 15.6. The average Bonchev–Trinajstić information content (AvgIpc) is 3.43. The third-order valence-corrected chi connectivity index (χ3v) is 5.87. The number of rotatable bonds is 6. The number of carbonyl (C=O) groups excluding carboxylic acids is 1. The molecule has 0 aliphatic carbocycles. The summed E-state index contributed by atoms with van der Waals surface area (Å²) in [5.74, 6) is 0.867. The number of nitrogens with one attached hydrogen (secondary N) is 4. The molecule has 10 heteroatoms. The predicted molar refractivity (Wildman–Crippen MR) is 122 cm³/mol. The maximum Gasteiger partial charge on any atom is 0.255 e. The van der Waals surface area contributed by atoms with Crippen molar-refractivity contribution >= 4 is 34.8 Å². The molecule has 2 aromatic heterocycles. The number of anilines is 3. The number of fused-ring (bicyclic) bond motifs is 1. The molecule has 0 saturated carbocycles. The van der Waals surface area contributed by atoms with Crippen LogP contribution in [0.2, 0.25) is 5.02 Å². The van der Waals surface area contributed by atoms with E-state index in [-0.39, 0.29) is 11.9 Å².